The molecule has 31 heavy (non-hydrogen) atoms. The number of hydrogen-bond acceptors (Lipinski definition) is 4. The van der Waals surface area contributed by atoms with Gasteiger partial charge in [-0.25, -0.2) is 0 Å². The highest BCUT2D eigenvalue weighted by molar-refractivity contribution is 6.00. The number of alkyl halides is 3. The van der Waals surface area contributed by atoms with Crippen molar-refractivity contribution in [1.29, 1.82) is 0 Å². The number of halogens is 3. The van der Waals surface area contributed by atoms with E-state index in [1.54, 1.807) is 9.80 Å². The van der Waals surface area contributed by atoms with Crippen molar-refractivity contribution in [2.45, 2.75) is 62.8 Å². The van der Waals surface area contributed by atoms with Gasteiger partial charge in [-0.3, -0.25) is 9.59 Å². The first-order valence-corrected chi connectivity index (χ1v) is 10.7. The van der Waals surface area contributed by atoms with Gasteiger partial charge in [-0.1, -0.05) is 12.1 Å². The normalized spacial score (nSPS) is 30.5. The van der Waals surface area contributed by atoms with Crippen molar-refractivity contribution in [3.05, 3.63) is 29.8 Å². The van der Waals surface area contributed by atoms with Crippen molar-refractivity contribution in [2.24, 2.45) is 5.41 Å². The molecule has 1 aromatic rings. The average molecular weight is 440 g/mol. The second-order valence-corrected chi connectivity index (χ2v) is 9.17. The maximum Gasteiger partial charge on any atom is 0.418 e. The molecule has 1 spiro atoms. The predicted molar refractivity (Wildman–Crippen MR) is 106 cm³/mol. The molecule has 2 amide bonds. The number of anilines is 1. The second-order valence-electron chi connectivity index (χ2n) is 9.17. The SMILES string of the molecule is O=C1CCCN1CC1(O)CCC2(CCN(c3ccc(C(O)C(F)(F)F)cc3)C2=O)CC1. The minimum Gasteiger partial charge on any atom is -0.388 e. The van der Waals surface area contributed by atoms with Crippen LogP contribution in [0.4, 0.5) is 18.9 Å². The number of benzene rings is 1. The standard InChI is InChI=1S/C22H27F3N2O4/c23-22(24,25)18(29)15-3-5-16(6-4-15)27-13-11-20(19(27)30)7-9-21(31,10-8-20)14-26-12-1-2-17(26)28/h3-6,18,29,31H,1-2,7-14H2. The Labute approximate surface area is 178 Å². The zero-order valence-corrected chi connectivity index (χ0v) is 17.2. The Bertz CT molecular complexity index is 847. The molecule has 1 saturated carbocycles. The summed E-state index contributed by atoms with van der Waals surface area (Å²) in [6.45, 7) is 1.43. The number of amides is 2. The summed E-state index contributed by atoms with van der Waals surface area (Å²) >= 11 is 0. The second kappa shape index (κ2) is 7.78. The van der Waals surface area contributed by atoms with Gasteiger partial charge >= 0.3 is 6.18 Å². The van der Waals surface area contributed by atoms with Gasteiger partial charge in [-0.15, -0.1) is 0 Å². The number of carbonyl (C=O) groups is 2. The van der Waals surface area contributed by atoms with Crippen LogP contribution < -0.4 is 4.90 Å². The Kier molecular flexibility index (Phi) is 5.54. The molecular weight excluding hydrogens is 413 g/mol. The maximum atomic E-state index is 13.2. The zero-order valence-electron chi connectivity index (χ0n) is 17.2. The van der Waals surface area contributed by atoms with E-state index in [1.807, 2.05) is 0 Å². The molecular formula is C22H27F3N2O4. The largest absolute Gasteiger partial charge is 0.418 e. The molecule has 6 nitrogen and oxygen atoms in total. The van der Waals surface area contributed by atoms with E-state index in [0.29, 0.717) is 63.8 Å². The van der Waals surface area contributed by atoms with E-state index in [0.717, 1.165) is 6.42 Å². The van der Waals surface area contributed by atoms with Gasteiger partial charge in [-0.2, -0.15) is 13.2 Å². The van der Waals surface area contributed by atoms with Crippen molar-refractivity contribution in [2.75, 3.05) is 24.5 Å². The molecule has 170 valence electrons. The maximum absolute atomic E-state index is 13.2. The van der Waals surface area contributed by atoms with Crippen LogP contribution in [0.2, 0.25) is 0 Å². The number of carbonyl (C=O) groups excluding carboxylic acids is 2. The van der Waals surface area contributed by atoms with Gasteiger partial charge in [0.15, 0.2) is 6.10 Å². The number of rotatable bonds is 4. The van der Waals surface area contributed by atoms with E-state index in [4.69, 9.17) is 0 Å². The molecule has 2 aliphatic heterocycles. The molecule has 1 aromatic carbocycles. The van der Waals surface area contributed by atoms with Crippen molar-refractivity contribution in [3.63, 3.8) is 0 Å². The minimum absolute atomic E-state index is 0.0657. The van der Waals surface area contributed by atoms with Gasteiger partial charge in [-0.05, 0) is 56.2 Å². The number of hydrogen-bond donors (Lipinski definition) is 2. The Morgan fingerprint density at radius 1 is 1.00 bits per heavy atom. The van der Waals surface area contributed by atoms with Crippen LogP contribution in [-0.4, -0.2) is 58.3 Å². The Balaban J connectivity index is 1.41. The van der Waals surface area contributed by atoms with Gasteiger partial charge < -0.3 is 20.0 Å². The van der Waals surface area contributed by atoms with Gasteiger partial charge in [0.05, 0.1) is 11.0 Å². The van der Waals surface area contributed by atoms with Crippen molar-refractivity contribution in [1.82, 2.24) is 4.90 Å². The number of aliphatic hydroxyl groups excluding tert-OH is 1. The summed E-state index contributed by atoms with van der Waals surface area (Å²) in [4.78, 5) is 28.4. The molecule has 3 fully saturated rings. The number of aliphatic hydroxyl groups is 2. The molecule has 2 N–H and O–H groups in total. The highest BCUT2D eigenvalue weighted by Gasteiger charge is 2.52. The fourth-order valence-electron chi connectivity index (χ4n) is 5.13. The molecule has 1 unspecified atom stereocenters. The molecule has 2 heterocycles. The van der Waals surface area contributed by atoms with Gasteiger partial charge in [0.2, 0.25) is 11.8 Å². The lowest BCUT2D eigenvalue weighted by Gasteiger charge is -2.42. The van der Waals surface area contributed by atoms with Crippen LogP contribution in [0.3, 0.4) is 0 Å². The Morgan fingerprint density at radius 2 is 1.65 bits per heavy atom. The number of nitrogens with zero attached hydrogens (tertiary/aromatic N) is 2. The van der Waals surface area contributed by atoms with E-state index < -0.39 is 23.3 Å². The number of β-amino-alcohol motifs (C(OH)–C–C–N with tert-alkyl or cyclic N) is 1. The summed E-state index contributed by atoms with van der Waals surface area (Å²) in [5, 5.41) is 20.4. The molecule has 0 bridgehead atoms. The van der Waals surface area contributed by atoms with Gasteiger partial charge in [0.25, 0.3) is 0 Å². The van der Waals surface area contributed by atoms with Crippen molar-refractivity contribution < 1.29 is 33.0 Å². The van der Waals surface area contributed by atoms with Crippen LogP contribution in [-0.2, 0) is 9.59 Å². The predicted octanol–water partition coefficient (Wildman–Crippen LogP) is 2.93. The highest BCUT2D eigenvalue weighted by atomic mass is 19.4. The molecule has 0 radical (unpaired) electrons. The lowest BCUT2D eigenvalue weighted by atomic mass is 9.67. The van der Waals surface area contributed by atoms with Crippen LogP contribution in [0.1, 0.15) is 56.6 Å². The number of likely N-dealkylation sites (tertiary alicyclic amines) is 1. The van der Waals surface area contributed by atoms with Crippen LogP contribution in [0.25, 0.3) is 0 Å². The summed E-state index contributed by atoms with van der Waals surface area (Å²) in [6.07, 6.45) is -3.43. The Hall–Kier alpha value is -2.13. The minimum atomic E-state index is -4.74. The first-order chi connectivity index (χ1) is 14.5. The van der Waals surface area contributed by atoms with E-state index in [2.05, 4.69) is 0 Å². The average Bonchev–Trinajstić information content (AvgIpc) is 3.27. The van der Waals surface area contributed by atoms with Crippen LogP contribution >= 0.6 is 0 Å². The fraction of sp³-hybridized carbons (Fsp3) is 0.636. The van der Waals surface area contributed by atoms with Gasteiger partial charge in [0, 0.05) is 31.7 Å². The summed E-state index contributed by atoms with van der Waals surface area (Å²) in [7, 11) is 0. The van der Waals surface area contributed by atoms with Crippen molar-refractivity contribution >= 4 is 17.5 Å². The molecule has 9 heteroatoms. The first-order valence-electron chi connectivity index (χ1n) is 10.7. The monoisotopic (exact) mass is 440 g/mol. The summed E-state index contributed by atoms with van der Waals surface area (Å²) in [6, 6.07) is 5.25. The molecule has 1 atom stereocenters. The summed E-state index contributed by atoms with van der Waals surface area (Å²) in [5.74, 6) is -0.00756. The summed E-state index contributed by atoms with van der Waals surface area (Å²) < 4.78 is 38.1. The molecule has 3 aliphatic rings. The Morgan fingerprint density at radius 3 is 2.19 bits per heavy atom. The van der Waals surface area contributed by atoms with E-state index in [9.17, 15) is 33.0 Å². The van der Waals surface area contributed by atoms with Crippen LogP contribution in [0.5, 0.6) is 0 Å². The van der Waals surface area contributed by atoms with E-state index >= 15 is 0 Å². The molecule has 2 saturated heterocycles. The third kappa shape index (κ3) is 4.17. The van der Waals surface area contributed by atoms with Crippen molar-refractivity contribution in [3.8, 4) is 0 Å². The third-order valence-corrected chi connectivity index (χ3v) is 7.14. The lowest BCUT2D eigenvalue weighted by Crippen LogP contribution is -2.49. The third-order valence-electron chi connectivity index (χ3n) is 7.14. The molecule has 4 rings (SSSR count). The lowest BCUT2D eigenvalue weighted by molar-refractivity contribution is -0.206. The molecule has 1 aliphatic carbocycles. The molecule has 0 aromatic heterocycles. The summed E-state index contributed by atoms with van der Waals surface area (Å²) in [5.41, 5.74) is -1.32. The smallest absolute Gasteiger partial charge is 0.388 e. The van der Waals surface area contributed by atoms with Crippen LogP contribution in [0, 0.1) is 5.41 Å². The topological polar surface area (TPSA) is 81.1 Å². The highest BCUT2D eigenvalue weighted by Crippen LogP contribution is 2.49. The first kappa shape index (κ1) is 22.1. The van der Waals surface area contributed by atoms with Crippen LogP contribution in [0.15, 0.2) is 24.3 Å². The van der Waals surface area contributed by atoms with E-state index in [-0.39, 0.29) is 17.4 Å². The van der Waals surface area contributed by atoms with E-state index in [1.165, 1.54) is 24.3 Å². The quantitative estimate of drug-likeness (QED) is 0.755. The van der Waals surface area contributed by atoms with Gasteiger partial charge in [0.1, 0.15) is 0 Å². The fourth-order valence-corrected chi connectivity index (χ4v) is 5.13. The zero-order chi connectivity index (χ0) is 22.4.